The van der Waals surface area contributed by atoms with Gasteiger partial charge in [0.2, 0.25) is 0 Å². The molecule has 0 radical (unpaired) electrons. The van der Waals surface area contributed by atoms with E-state index in [0.29, 0.717) is 11.5 Å². The maximum atomic E-state index is 12.0. The minimum absolute atomic E-state index is 0.0479. The number of methoxy groups -OCH3 is 2. The first kappa shape index (κ1) is 16.8. The highest BCUT2D eigenvalue weighted by Gasteiger charge is 2.16. The van der Waals surface area contributed by atoms with Crippen molar-refractivity contribution in [1.29, 1.82) is 0 Å². The highest BCUT2D eigenvalue weighted by atomic mass is 16.5. The molecule has 6 heteroatoms. The summed E-state index contributed by atoms with van der Waals surface area (Å²) in [5, 5.41) is 2.72. The summed E-state index contributed by atoms with van der Waals surface area (Å²) in [7, 11) is 2.97. The standard InChI is InChI=1S/C15H21NO5/c1-5-10(2)16-14(17)9-21-15(18)12-7-6-11(19-3)8-13(12)20-4/h6-8,10H,5,9H2,1-4H3,(H,16,17). The van der Waals surface area contributed by atoms with E-state index in [-0.39, 0.29) is 24.1 Å². The molecule has 1 N–H and O–H groups in total. The molecule has 1 atom stereocenters. The fourth-order valence-electron chi connectivity index (χ4n) is 1.59. The predicted octanol–water partition coefficient (Wildman–Crippen LogP) is 1.78. The molecule has 116 valence electrons. The molecule has 0 aromatic heterocycles. The molecule has 21 heavy (non-hydrogen) atoms. The number of nitrogens with one attached hydrogen (secondary N) is 1. The molecule has 1 rings (SSSR count). The predicted molar refractivity (Wildman–Crippen MR) is 77.7 cm³/mol. The minimum Gasteiger partial charge on any atom is -0.497 e. The summed E-state index contributed by atoms with van der Waals surface area (Å²) < 4.78 is 15.1. The molecule has 0 aliphatic rings. The van der Waals surface area contributed by atoms with Gasteiger partial charge in [0.15, 0.2) is 6.61 Å². The molecule has 0 aliphatic heterocycles. The monoisotopic (exact) mass is 295 g/mol. The van der Waals surface area contributed by atoms with Crippen molar-refractivity contribution in [2.45, 2.75) is 26.3 Å². The smallest absolute Gasteiger partial charge is 0.342 e. The van der Waals surface area contributed by atoms with Crippen LogP contribution in [0.3, 0.4) is 0 Å². The van der Waals surface area contributed by atoms with E-state index >= 15 is 0 Å². The molecule has 1 amide bonds. The quantitative estimate of drug-likeness (QED) is 0.776. The zero-order valence-corrected chi connectivity index (χ0v) is 12.8. The van der Waals surface area contributed by atoms with Crippen LogP contribution in [-0.4, -0.2) is 38.7 Å². The summed E-state index contributed by atoms with van der Waals surface area (Å²) in [4.78, 5) is 23.5. The van der Waals surface area contributed by atoms with E-state index in [1.807, 2.05) is 13.8 Å². The molecular weight excluding hydrogens is 274 g/mol. The first-order valence-corrected chi connectivity index (χ1v) is 6.70. The second-order valence-corrected chi connectivity index (χ2v) is 4.52. The van der Waals surface area contributed by atoms with Gasteiger partial charge in [-0.3, -0.25) is 4.79 Å². The fourth-order valence-corrected chi connectivity index (χ4v) is 1.59. The molecule has 1 aromatic rings. The van der Waals surface area contributed by atoms with Gasteiger partial charge in [-0.1, -0.05) is 6.92 Å². The Balaban J connectivity index is 2.65. The van der Waals surface area contributed by atoms with Crippen LogP contribution in [0.4, 0.5) is 0 Å². The van der Waals surface area contributed by atoms with Gasteiger partial charge in [0.1, 0.15) is 17.1 Å². The van der Waals surface area contributed by atoms with E-state index in [0.717, 1.165) is 6.42 Å². The van der Waals surface area contributed by atoms with Crippen molar-refractivity contribution < 1.29 is 23.8 Å². The Morgan fingerprint density at radius 1 is 1.24 bits per heavy atom. The minimum atomic E-state index is -0.617. The van der Waals surface area contributed by atoms with Crippen molar-refractivity contribution in [3.05, 3.63) is 23.8 Å². The Bertz CT molecular complexity index is 501. The van der Waals surface area contributed by atoms with Crippen molar-refractivity contribution in [3.8, 4) is 11.5 Å². The number of ether oxygens (including phenoxy) is 3. The van der Waals surface area contributed by atoms with Crippen LogP contribution in [0.5, 0.6) is 11.5 Å². The third-order valence-electron chi connectivity index (χ3n) is 2.98. The number of rotatable bonds is 7. The Morgan fingerprint density at radius 2 is 1.95 bits per heavy atom. The third-order valence-corrected chi connectivity index (χ3v) is 2.98. The van der Waals surface area contributed by atoms with Gasteiger partial charge in [-0.05, 0) is 25.5 Å². The van der Waals surface area contributed by atoms with Crippen LogP contribution >= 0.6 is 0 Å². The summed E-state index contributed by atoms with van der Waals surface area (Å²) in [5.74, 6) is -0.0430. The topological polar surface area (TPSA) is 73.9 Å². The highest BCUT2D eigenvalue weighted by molar-refractivity contribution is 5.94. The van der Waals surface area contributed by atoms with Crippen molar-refractivity contribution in [3.63, 3.8) is 0 Å². The molecular formula is C15H21NO5. The van der Waals surface area contributed by atoms with Gasteiger partial charge in [0.05, 0.1) is 14.2 Å². The number of carbonyl (C=O) groups excluding carboxylic acids is 2. The summed E-state index contributed by atoms with van der Waals surface area (Å²) >= 11 is 0. The number of benzene rings is 1. The van der Waals surface area contributed by atoms with Gasteiger partial charge in [0.25, 0.3) is 5.91 Å². The lowest BCUT2D eigenvalue weighted by molar-refractivity contribution is -0.124. The average Bonchev–Trinajstić information content (AvgIpc) is 2.51. The van der Waals surface area contributed by atoms with Crippen LogP contribution in [0.1, 0.15) is 30.6 Å². The summed E-state index contributed by atoms with van der Waals surface area (Å²) in [6.45, 7) is 3.52. The zero-order valence-electron chi connectivity index (χ0n) is 12.8. The number of hydrogen-bond acceptors (Lipinski definition) is 5. The van der Waals surface area contributed by atoms with Crippen LogP contribution in [0.25, 0.3) is 0 Å². The molecule has 0 fully saturated rings. The SMILES string of the molecule is CCC(C)NC(=O)COC(=O)c1ccc(OC)cc1OC. The van der Waals surface area contributed by atoms with Crippen LogP contribution in [0.15, 0.2) is 18.2 Å². The van der Waals surface area contributed by atoms with Crippen LogP contribution in [0.2, 0.25) is 0 Å². The van der Waals surface area contributed by atoms with Gasteiger partial charge in [-0.15, -0.1) is 0 Å². The molecule has 0 aliphatic carbocycles. The van der Waals surface area contributed by atoms with E-state index in [4.69, 9.17) is 14.2 Å². The van der Waals surface area contributed by atoms with Crippen molar-refractivity contribution in [2.75, 3.05) is 20.8 Å². The summed E-state index contributed by atoms with van der Waals surface area (Å²) in [6, 6.07) is 4.78. The molecule has 0 spiro atoms. The van der Waals surface area contributed by atoms with Crippen LogP contribution < -0.4 is 14.8 Å². The third kappa shape index (κ3) is 4.98. The molecule has 0 bridgehead atoms. The zero-order chi connectivity index (χ0) is 15.8. The van der Waals surface area contributed by atoms with Gasteiger partial charge >= 0.3 is 5.97 Å². The molecule has 1 aromatic carbocycles. The van der Waals surface area contributed by atoms with E-state index in [1.54, 1.807) is 12.1 Å². The average molecular weight is 295 g/mol. The Labute approximate surface area is 124 Å². The van der Waals surface area contributed by atoms with Gasteiger partial charge in [0, 0.05) is 12.1 Å². The second-order valence-electron chi connectivity index (χ2n) is 4.52. The molecule has 0 saturated carbocycles. The second kappa shape index (κ2) is 8.14. The summed E-state index contributed by atoms with van der Waals surface area (Å²) in [5.41, 5.74) is 0.245. The highest BCUT2D eigenvalue weighted by Crippen LogP contribution is 2.25. The van der Waals surface area contributed by atoms with E-state index in [9.17, 15) is 9.59 Å². The van der Waals surface area contributed by atoms with E-state index in [2.05, 4.69) is 5.32 Å². The van der Waals surface area contributed by atoms with Gasteiger partial charge in [-0.2, -0.15) is 0 Å². The number of esters is 1. The Kier molecular flexibility index (Phi) is 6.52. The lowest BCUT2D eigenvalue weighted by Gasteiger charge is -2.12. The van der Waals surface area contributed by atoms with Crippen molar-refractivity contribution in [1.82, 2.24) is 5.32 Å². The van der Waals surface area contributed by atoms with Gasteiger partial charge in [-0.25, -0.2) is 4.79 Å². The molecule has 6 nitrogen and oxygen atoms in total. The normalized spacial score (nSPS) is 11.4. The van der Waals surface area contributed by atoms with Gasteiger partial charge < -0.3 is 19.5 Å². The molecule has 0 heterocycles. The summed E-state index contributed by atoms with van der Waals surface area (Å²) in [6.07, 6.45) is 0.811. The lowest BCUT2D eigenvalue weighted by Crippen LogP contribution is -2.35. The molecule has 0 saturated heterocycles. The Morgan fingerprint density at radius 3 is 2.52 bits per heavy atom. The number of hydrogen-bond donors (Lipinski definition) is 1. The van der Waals surface area contributed by atoms with E-state index in [1.165, 1.54) is 20.3 Å². The first-order valence-electron chi connectivity index (χ1n) is 6.70. The number of carbonyl (C=O) groups is 2. The largest absolute Gasteiger partial charge is 0.497 e. The number of amides is 1. The molecule has 1 unspecified atom stereocenters. The van der Waals surface area contributed by atoms with Crippen LogP contribution in [0, 0.1) is 0 Å². The first-order chi connectivity index (χ1) is 10.0. The van der Waals surface area contributed by atoms with E-state index < -0.39 is 5.97 Å². The van der Waals surface area contributed by atoms with Crippen LogP contribution in [-0.2, 0) is 9.53 Å². The van der Waals surface area contributed by atoms with Crippen molar-refractivity contribution in [2.24, 2.45) is 0 Å². The maximum absolute atomic E-state index is 12.0. The van der Waals surface area contributed by atoms with Crippen molar-refractivity contribution >= 4 is 11.9 Å². The Hall–Kier alpha value is -2.24. The maximum Gasteiger partial charge on any atom is 0.342 e. The fraction of sp³-hybridized carbons (Fsp3) is 0.467. The lowest BCUT2D eigenvalue weighted by atomic mass is 10.2.